The van der Waals surface area contributed by atoms with Crippen LogP contribution in [0.1, 0.15) is 38.3 Å². The first kappa shape index (κ1) is 18.2. The van der Waals surface area contributed by atoms with Crippen molar-refractivity contribution in [2.24, 2.45) is 4.99 Å². The number of likely N-dealkylation sites (N-methyl/N-ethyl adjacent to an activating group) is 1. The number of rotatable bonds is 8. The number of ether oxygens (including phenoxy) is 1. The molecule has 0 bridgehead atoms. The highest BCUT2D eigenvalue weighted by molar-refractivity contribution is 7.07. The number of aliphatic imine (C=N–C) groups is 1. The summed E-state index contributed by atoms with van der Waals surface area (Å²) in [7, 11) is 1.82. The summed E-state index contributed by atoms with van der Waals surface area (Å²) < 4.78 is 5.65. The van der Waals surface area contributed by atoms with Crippen LogP contribution in [0.25, 0.3) is 0 Å². The molecule has 2 rings (SSSR count). The van der Waals surface area contributed by atoms with Crippen LogP contribution in [0, 0.1) is 0 Å². The number of guanidine groups is 1. The van der Waals surface area contributed by atoms with Gasteiger partial charge in [0.25, 0.3) is 0 Å². The van der Waals surface area contributed by atoms with Crippen molar-refractivity contribution >= 4 is 17.3 Å². The van der Waals surface area contributed by atoms with Gasteiger partial charge in [-0.25, -0.2) is 0 Å². The van der Waals surface area contributed by atoms with Crippen LogP contribution in [-0.2, 0) is 4.74 Å². The van der Waals surface area contributed by atoms with E-state index in [1.54, 1.807) is 11.3 Å². The average Bonchev–Trinajstić information content (AvgIpc) is 3.27. The molecule has 1 aromatic rings. The Bertz CT molecular complexity index is 453. The van der Waals surface area contributed by atoms with Crippen molar-refractivity contribution in [3.05, 3.63) is 22.4 Å². The minimum Gasteiger partial charge on any atom is -0.376 e. The summed E-state index contributed by atoms with van der Waals surface area (Å²) in [6.45, 7) is 9.08. The van der Waals surface area contributed by atoms with Gasteiger partial charge in [0.15, 0.2) is 5.96 Å². The molecular formula is C17H30N4OS. The van der Waals surface area contributed by atoms with E-state index >= 15 is 0 Å². The highest BCUT2D eigenvalue weighted by Gasteiger charge is 2.19. The summed E-state index contributed by atoms with van der Waals surface area (Å²) in [5.74, 6) is 0.855. The monoisotopic (exact) mass is 338 g/mol. The largest absolute Gasteiger partial charge is 0.376 e. The predicted molar refractivity (Wildman–Crippen MR) is 98.3 cm³/mol. The molecule has 6 heteroatoms. The third-order valence-electron chi connectivity index (χ3n) is 4.39. The second kappa shape index (κ2) is 9.90. The Balaban J connectivity index is 1.88. The second-order valence-corrected chi connectivity index (χ2v) is 6.54. The van der Waals surface area contributed by atoms with Crippen molar-refractivity contribution in [2.45, 2.75) is 38.8 Å². The summed E-state index contributed by atoms with van der Waals surface area (Å²) in [6, 6.07) is 2.59. The summed E-state index contributed by atoms with van der Waals surface area (Å²) >= 11 is 1.76. The molecular weight excluding hydrogens is 308 g/mol. The fraction of sp³-hybridized carbons (Fsp3) is 0.706. The molecule has 1 fully saturated rings. The molecule has 1 aliphatic rings. The maximum atomic E-state index is 5.65. The molecule has 1 saturated heterocycles. The predicted octanol–water partition coefficient (Wildman–Crippen LogP) is 2.48. The van der Waals surface area contributed by atoms with Crippen LogP contribution in [0.5, 0.6) is 0 Å². The van der Waals surface area contributed by atoms with Crippen molar-refractivity contribution < 1.29 is 4.74 Å². The standard InChI is InChI=1S/C17H30N4OS/c1-4-21(5-2)16(14-8-10-23-13-14)12-20-17(18-3)19-11-15-7-6-9-22-15/h8,10,13,15-16H,4-7,9,11-12H2,1-3H3,(H2,18,19,20). The normalized spacial score (nSPS) is 20.0. The van der Waals surface area contributed by atoms with E-state index in [0.29, 0.717) is 12.1 Å². The molecule has 2 unspecified atom stereocenters. The SMILES string of the molecule is CCN(CC)C(CNC(=NC)NCC1CCCO1)c1ccsc1. The Morgan fingerprint density at radius 2 is 2.26 bits per heavy atom. The third kappa shape index (κ3) is 5.48. The maximum Gasteiger partial charge on any atom is 0.191 e. The highest BCUT2D eigenvalue weighted by Crippen LogP contribution is 2.22. The highest BCUT2D eigenvalue weighted by atomic mass is 32.1. The van der Waals surface area contributed by atoms with Crippen molar-refractivity contribution in [3.8, 4) is 0 Å². The van der Waals surface area contributed by atoms with E-state index in [4.69, 9.17) is 4.74 Å². The quantitative estimate of drug-likeness (QED) is 0.565. The molecule has 0 aliphatic carbocycles. The smallest absolute Gasteiger partial charge is 0.191 e. The van der Waals surface area contributed by atoms with Crippen molar-refractivity contribution in [1.82, 2.24) is 15.5 Å². The first-order valence-corrected chi connectivity index (χ1v) is 9.55. The van der Waals surface area contributed by atoms with E-state index in [2.05, 4.69) is 51.2 Å². The zero-order valence-corrected chi connectivity index (χ0v) is 15.4. The molecule has 2 heterocycles. The van der Waals surface area contributed by atoms with E-state index in [9.17, 15) is 0 Å². The third-order valence-corrected chi connectivity index (χ3v) is 5.09. The molecule has 0 radical (unpaired) electrons. The van der Waals surface area contributed by atoms with E-state index < -0.39 is 0 Å². The molecule has 0 saturated carbocycles. The van der Waals surface area contributed by atoms with Crippen LogP contribution in [0.15, 0.2) is 21.8 Å². The summed E-state index contributed by atoms with van der Waals surface area (Å²) in [5, 5.41) is 11.3. The molecule has 2 atom stereocenters. The van der Waals surface area contributed by atoms with Gasteiger partial charge in [0, 0.05) is 26.7 Å². The van der Waals surface area contributed by atoms with Gasteiger partial charge in [-0.2, -0.15) is 11.3 Å². The van der Waals surface area contributed by atoms with Crippen molar-refractivity contribution in [3.63, 3.8) is 0 Å². The average molecular weight is 339 g/mol. The molecule has 1 aliphatic heterocycles. The topological polar surface area (TPSA) is 48.9 Å². The van der Waals surface area contributed by atoms with Crippen LogP contribution in [0.3, 0.4) is 0 Å². The molecule has 0 spiro atoms. The number of nitrogens with zero attached hydrogens (tertiary/aromatic N) is 2. The number of nitrogens with one attached hydrogen (secondary N) is 2. The Hall–Kier alpha value is -1.11. The minimum atomic E-state index is 0.323. The fourth-order valence-corrected chi connectivity index (χ4v) is 3.72. The molecule has 0 aromatic carbocycles. The fourth-order valence-electron chi connectivity index (χ4n) is 3.02. The number of hydrogen-bond acceptors (Lipinski definition) is 4. The zero-order valence-electron chi connectivity index (χ0n) is 14.5. The van der Waals surface area contributed by atoms with E-state index in [1.165, 1.54) is 12.0 Å². The first-order chi connectivity index (χ1) is 11.3. The molecule has 23 heavy (non-hydrogen) atoms. The van der Waals surface area contributed by atoms with Crippen LogP contribution < -0.4 is 10.6 Å². The lowest BCUT2D eigenvalue weighted by Gasteiger charge is -2.30. The van der Waals surface area contributed by atoms with E-state index in [-0.39, 0.29) is 0 Å². The first-order valence-electron chi connectivity index (χ1n) is 8.60. The zero-order chi connectivity index (χ0) is 16.5. The van der Waals surface area contributed by atoms with Crippen molar-refractivity contribution in [2.75, 3.05) is 39.8 Å². The lowest BCUT2D eigenvalue weighted by atomic mass is 10.1. The number of hydrogen-bond donors (Lipinski definition) is 2. The molecule has 0 amide bonds. The van der Waals surface area contributed by atoms with Crippen LogP contribution in [-0.4, -0.2) is 56.8 Å². The number of thiophene rings is 1. The van der Waals surface area contributed by atoms with Gasteiger partial charge >= 0.3 is 0 Å². The van der Waals surface area contributed by atoms with Gasteiger partial charge in [0.1, 0.15) is 0 Å². The van der Waals surface area contributed by atoms with E-state index in [1.807, 2.05) is 7.05 Å². The Labute approximate surface area is 144 Å². The van der Waals surface area contributed by atoms with Gasteiger partial charge in [-0.15, -0.1) is 0 Å². The van der Waals surface area contributed by atoms with Gasteiger partial charge in [-0.1, -0.05) is 13.8 Å². The van der Waals surface area contributed by atoms with Crippen LogP contribution >= 0.6 is 11.3 Å². The van der Waals surface area contributed by atoms with Crippen LogP contribution in [0.2, 0.25) is 0 Å². The van der Waals surface area contributed by atoms with Gasteiger partial charge in [0.05, 0.1) is 12.1 Å². The van der Waals surface area contributed by atoms with Gasteiger partial charge in [0.2, 0.25) is 0 Å². The lowest BCUT2D eigenvalue weighted by molar-refractivity contribution is 0.113. The lowest BCUT2D eigenvalue weighted by Crippen LogP contribution is -2.45. The second-order valence-electron chi connectivity index (χ2n) is 5.76. The van der Waals surface area contributed by atoms with Crippen LogP contribution in [0.4, 0.5) is 0 Å². The molecule has 1 aromatic heterocycles. The summed E-state index contributed by atoms with van der Waals surface area (Å²) in [5.41, 5.74) is 1.38. The minimum absolute atomic E-state index is 0.323. The molecule has 130 valence electrons. The maximum absolute atomic E-state index is 5.65. The van der Waals surface area contributed by atoms with Gasteiger partial charge in [-0.05, 0) is 48.3 Å². The Morgan fingerprint density at radius 3 is 2.83 bits per heavy atom. The summed E-state index contributed by atoms with van der Waals surface area (Å²) in [4.78, 5) is 6.81. The van der Waals surface area contributed by atoms with E-state index in [0.717, 1.165) is 45.2 Å². The van der Waals surface area contributed by atoms with Crippen molar-refractivity contribution in [1.29, 1.82) is 0 Å². The molecule has 5 nitrogen and oxygen atoms in total. The molecule has 2 N–H and O–H groups in total. The Kier molecular flexibility index (Phi) is 7.85. The Morgan fingerprint density at radius 1 is 1.43 bits per heavy atom. The van der Waals surface area contributed by atoms with Gasteiger partial charge in [-0.3, -0.25) is 9.89 Å². The van der Waals surface area contributed by atoms with Gasteiger partial charge < -0.3 is 15.4 Å². The summed E-state index contributed by atoms with van der Waals surface area (Å²) in [6.07, 6.45) is 2.63.